The Morgan fingerprint density at radius 1 is 1.04 bits per heavy atom. The van der Waals surface area contributed by atoms with Gasteiger partial charge >= 0.3 is 0 Å². The van der Waals surface area contributed by atoms with Crippen LogP contribution in [0.4, 0.5) is 0 Å². The summed E-state index contributed by atoms with van der Waals surface area (Å²) < 4.78 is 0. The number of hydrogen-bond acceptors (Lipinski definition) is 7. The van der Waals surface area contributed by atoms with Crippen molar-refractivity contribution in [3.05, 3.63) is 34.9 Å². The lowest BCUT2D eigenvalue weighted by atomic mass is 9.84. The van der Waals surface area contributed by atoms with Gasteiger partial charge in [0.05, 0.1) is 18.3 Å². The summed E-state index contributed by atoms with van der Waals surface area (Å²) in [5.41, 5.74) is -0.232. The molecule has 5 aliphatic rings. The van der Waals surface area contributed by atoms with Gasteiger partial charge in [-0.15, -0.1) is 0 Å². The lowest BCUT2D eigenvalue weighted by Crippen LogP contribution is -2.59. The highest BCUT2D eigenvalue weighted by Gasteiger charge is 2.56. The first-order valence-electron chi connectivity index (χ1n) is 18.6. The quantitative estimate of drug-likeness (QED) is 0.269. The van der Waals surface area contributed by atoms with Crippen LogP contribution in [-0.2, 0) is 28.8 Å². The largest absolute Gasteiger partial charge is 0.387 e. The number of carbonyl (C=O) groups is 5. The van der Waals surface area contributed by atoms with Crippen LogP contribution in [0.2, 0.25) is 5.02 Å². The molecule has 1 spiro atoms. The minimum absolute atomic E-state index is 0.00133. The molecule has 3 N–H and O–H groups in total. The molecule has 1 aromatic carbocycles. The summed E-state index contributed by atoms with van der Waals surface area (Å²) >= 11 is 6.26. The number of likely N-dealkylation sites (tertiary alicyclic amines) is 1. The summed E-state index contributed by atoms with van der Waals surface area (Å²) in [5, 5.41) is 13.6. The predicted octanol–water partition coefficient (Wildman–Crippen LogP) is 4.68. The first-order valence-corrected chi connectivity index (χ1v) is 18.9. The lowest BCUT2D eigenvalue weighted by molar-refractivity contribution is -0.145. The van der Waals surface area contributed by atoms with Crippen molar-refractivity contribution < 1.29 is 28.8 Å². The van der Waals surface area contributed by atoms with E-state index in [1.807, 2.05) is 39.8 Å². The van der Waals surface area contributed by atoms with Crippen molar-refractivity contribution in [2.75, 3.05) is 6.54 Å². The maximum atomic E-state index is 14.7. The maximum Gasteiger partial charge on any atom is 0.289 e. The summed E-state index contributed by atoms with van der Waals surface area (Å²) in [6.45, 7) is 7.65. The Kier molecular flexibility index (Phi) is 10.6. The molecule has 12 heteroatoms. The number of carbonyl (C=O) groups excluding carboxylic acids is 5. The van der Waals surface area contributed by atoms with Crippen LogP contribution in [0.1, 0.15) is 110 Å². The molecule has 272 valence electrons. The molecule has 3 saturated carbocycles. The van der Waals surface area contributed by atoms with E-state index in [9.17, 15) is 24.0 Å². The van der Waals surface area contributed by atoms with Gasteiger partial charge in [0, 0.05) is 35.4 Å². The van der Waals surface area contributed by atoms with Crippen LogP contribution >= 0.6 is 11.6 Å². The molecular formula is C38H52ClN5O6. The fourth-order valence-electron chi connectivity index (χ4n) is 8.08. The van der Waals surface area contributed by atoms with Crippen molar-refractivity contribution in [3.8, 4) is 0 Å². The van der Waals surface area contributed by atoms with Crippen molar-refractivity contribution in [1.29, 1.82) is 0 Å². The second-order valence-corrected chi connectivity index (χ2v) is 16.8. The van der Waals surface area contributed by atoms with Crippen molar-refractivity contribution in [2.45, 2.75) is 135 Å². The average Bonchev–Trinajstić information content (AvgIpc) is 4.00. The third kappa shape index (κ3) is 8.19. The van der Waals surface area contributed by atoms with Gasteiger partial charge in [0.1, 0.15) is 12.1 Å². The number of rotatable bonds is 12. The molecule has 1 unspecified atom stereocenters. The molecular weight excluding hydrogens is 658 g/mol. The third-order valence-corrected chi connectivity index (χ3v) is 11.4. The second-order valence-electron chi connectivity index (χ2n) is 16.4. The van der Waals surface area contributed by atoms with Crippen LogP contribution in [-0.4, -0.2) is 76.3 Å². The Labute approximate surface area is 300 Å². The molecule has 1 aromatic rings. The van der Waals surface area contributed by atoms with Crippen LogP contribution in [0.3, 0.4) is 0 Å². The molecule has 2 heterocycles. The Morgan fingerprint density at radius 2 is 1.78 bits per heavy atom. The molecule has 2 aliphatic heterocycles. The van der Waals surface area contributed by atoms with Gasteiger partial charge in [0.2, 0.25) is 23.5 Å². The standard InChI is InChI=1S/C38H52ClN5O6/c1-5-10-28(31(45)35(48)40-25-15-16-25)41-34(47)30-20-38(19-29(43-50-38)23-13-9-14-24(39)17-23)21-44(30)36(49)32(37(2,3)4)42-33(46)27-18-26(27)22-11-7-6-8-12-22/h9,13-14,17,22,25-28,30,32H,5-8,10-12,15-16,18-21H2,1-4H3,(H,40,48)(H,41,47)(H,42,46)/t26-,27?,28+,30+,32-,38-/m1/s1. The van der Waals surface area contributed by atoms with Crippen molar-refractivity contribution in [3.63, 3.8) is 0 Å². The predicted molar refractivity (Wildman–Crippen MR) is 189 cm³/mol. The van der Waals surface area contributed by atoms with Crippen molar-refractivity contribution >= 4 is 46.7 Å². The zero-order valence-corrected chi connectivity index (χ0v) is 30.5. The Balaban J connectivity index is 1.22. The number of Topliss-reactive ketones (excluding diaryl/α,β-unsaturated/α-hetero) is 1. The minimum atomic E-state index is -1.03. The third-order valence-electron chi connectivity index (χ3n) is 11.2. The van der Waals surface area contributed by atoms with Crippen LogP contribution in [0.15, 0.2) is 29.4 Å². The highest BCUT2D eigenvalue weighted by Crippen LogP contribution is 2.49. The average molecular weight is 710 g/mol. The first-order chi connectivity index (χ1) is 23.8. The fourth-order valence-corrected chi connectivity index (χ4v) is 8.27. The smallest absolute Gasteiger partial charge is 0.289 e. The number of nitrogens with one attached hydrogen (secondary N) is 3. The highest BCUT2D eigenvalue weighted by molar-refractivity contribution is 6.38. The van der Waals surface area contributed by atoms with Gasteiger partial charge in [0.15, 0.2) is 5.60 Å². The molecule has 50 heavy (non-hydrogen) atoms. The van der Waals surface area contributed by atoms with E-state index >= 15 is 0 Å². The molecule has 4 fully saturated rings. The number of amides is 4. The molecule has 4 amide bonds. The van der Waals surface area contributed by atoms with Gasteiger partial charge in [-0.05, 0) is 55.1 Å². The van der Waals surface area contributed by atoms with Crippen LogP contribution < -0.4 is 16.0 Å². The topological polar surface area (TPSA) is 146 Å². The van der Waals surface area contributed by atoms with E-state index in [-0.39, 0.29) is 43.2 Å². The summed E-state index contributed by atoms with van der Waals surface area (Å²) in [6, 6.07) is 4.31. The van der Waals surface area contributed by atoms with E-state index in [1.165, 1.54) is 24.2 Å². The molecule has 0 bridgehead atoms. The molecule has 0 radical (unpaired) electrons. The number of nitrogens with zero attached hydrogens (tertiary/aromatic N) is 2. The number of ketones is 1. The fraction of sp³-hybridized carbons (Fsp3) is 0.684. The molecule has 3 aliphatic carbocycles. The zero-order chi connectivity index (χ0) is 35.8. The van der Waals surface area contributed by atoms with E-state index < -0.39 is 46.7 Å². The van der Waals surface area contributed by atoms with Gasteiger partial charge in [-0.3, -0.25) is 24.0 Å². The molecule has 0 aromatic heterocycles. The Bertz CT molecular complexity index is 1530. The Morgan fingerprint density at radius 3 is 2.44 bits per heavy atom. The van der Waals surface area contributed by atoms with E-state index in [0.717, 1.165) is 37.7 Å². The molecule has 6 atom stereocenters. The summed E-state index contributed by atoms with van der Waals surface area (Å²) in [5.74, 6) is -1.62. The number of oxime groups is 1. The maximum absolute atomic E-state index is 14.7. The van der Waals surface area contributed by atoms with E-state index in [0.29, 0.717) is 35.4 Å². The monoisotopic (exact) mass is 709 g/mol. The van der Waals surface area contributed by atoms with Crippen molar-refractivity contribution in [2.24, 2.45) is 28.3 Å². The van der Waals surface area contributed by atoms with Gasteiger partial charge in [-0.1, -0.05) is 95.1 Å². The summed E-state index contributed by atoms with van der Waals surface area (Å²) in [7, 11) is 0. The molecule has 11 nitrogen and oxygen atoms in total. The minimum Gasteiger partial charge on any atom is -0.387 e. The molecule has 1 saturated heterocycles. The second kappa shape index (κ2) is 14.6. The molecule has 6 rings (SSSR count). The summed E-state index contributed by atoms with van der Waals surface area (Å²) in [6.07, 6.45) is 9.78. The lowest BCUT2D eigenvalue weighted by Gasteiger charge is -2.36. The number of benzene rings is 1. The van der Waals surface area contributed by atoms with Gasteiger partial charge in [-0.25, -0.2) is 0 Å². The first kappa shape index (κ1) is 36.3. The van der Waals surface area contributed by atoms with Gasteiger partial charge in [-0.2, -0.15) is 0 Å². The van der Waals surface area contributed by atoms with Crippen molar-refractivity contribution in [1.82, 2.24) is 20.9 Å². The van der Waals surface area contributed by atoms with E-state index in [2.05, 4.69) is 21.1 Å². The highest BCUT2D eigenvalue weighted by atomic mass is 35.5. The van der Waals surface area contributed by atoms with E-state index in [1.54, 1.807) is 12.1 Å². The SMILES string of the molecule is CCC[C@H](NC(=O)[C@@H]1C[C@]2(CC(c3cccc(Cl)c3)=NO2)CN1C(=O)[C@@H](NC(=O)C1C[C@@H]1C1CCCCC1)C(C)(C)C)C(=O)C(=O)NC1CC1. The van der Waals surface area contributed by atoms with Crippen LogP contribution in [0.25, 0.3) is 0 Å². The Hall–Kier alpha value is -3.47. The van der Waals surface area contributed by atoms with Gasteiger partial charge in [0.25, 0.3) is 5.91 Å². The number of hydrogen-bond donors (Lipinski definition) is 3. The van der Waals surface area contributed by atoms with E-state index in [4.69, 9.17) is 16.4 Å². The van der Waals surface area contributed by atoms with Crippen LogP contribution in [0.5, 0.6) is 0 Å². The normalized spacial score (nSPS) is 27.6. The zero-order valence-electron chi connectivity index (χ0n) is 29.8. The summed E-state index contributed by atoms with van der Waals surface area (Å²) in [4.78, 5) is 76.0. The van der Waals surface area contributed by atoms with Gasteiger partial charge < -0.3 is 25.7 Å². The number of halogens is 1. The van der Waals surface area contributed by atoms with Crippen LogP contribution in [0, 0.1) is 23.2 Å².